The number of aliphatic carboxylic acids is 1. The summed E-state index contributed by atoms with van der Waals surface area (Å²) in [5, 5.41) is 8.78. The molecule has 0 radical (unpaired) electrons. The molecule has 0 aliphatic heterocycles. The third kappa shape index (κ3) is 1.21. The Morgan fingerprint density at radius 2 is 1.83 bits per heavy atom. The maximum absolute atomic E-state index is 12.0. The Morgan fingerprint density at radius 3 is 2.17 bits per heavy atom. The van der Waals surface area contributed by atoms with E-state index in [4.69, 9.17) is 5.11 Å². The molecule has 1 N–H and O–H groups in total. The molecular weight excluding hydrogens is 163 g/mol. The number of carbonyl (C=O) groups is 2. The van der Waals surface area contributed by atoms with Gasteiger partial charge >= 0.3 is 5.97 Å². The highest BCUT2D eigenvalue weighted by molar-refractivity contribution is 6.03. The van der Waals surface area contributed by atoms with Crippen LogP contribution < -0.4 is 0 Å². The van der Waals surface area contributed by atoms with Gasteiger partial charge in [0.25, 0.3) is 0 Å². The zero-order valence-corrected chi connectivity index (χ0v) is 6.68. The molecule has 0 unspecified atom stereocenters. The van der Waals surface area contributed by atoms with Crippen LogP contribution in [0, 0.1) is 5.41 Å². The first-order valence-corrected chi connectivity index (χ1v) is 3.96. The third-order valence-electron chi connectivity index (χ3n) is 2.52. The molecule has 1 saturated carbocycles. The van der Waals surface area contributed by atoms with Gasteiger partial charge in [0, 0.05) is 0 Å². The van der Waals surface area contributed by atoms with E-state index >= 15 is 0 Å². The molecule has 0 spiro atoms. The second kappa shape index (κ2) is 3.21. The molecule has 3 nitrogen and oxygen atoms in total. The number of carbonyl (C=O) groups excluding carboxylic acids is 1. The zero-order valence-electron chi connectivity index (χ0n) is 6.68. The number of hydrogen-bond acceptors (Lipinski definition) is 2. The number of ketones is 1. The maximum Gasteiger partial charge on any atom is 0.317 e. The molecule has 0 aromatic carbocycles. The number of halogens is 1. The van der Waals surface area contributed by atoms with Crippen molar-refractivity contribution >= 4 is 11.8 Å². The van der Waals surface area contributed by atoms with Crippen LogP contribution >= 0.6 is 0 Å². The number of Topliss-reactive ketones (excluding diaryl/α,β-unsaturated/α-hetero) is 1. The van der Waals surface area contributed by atoms with Crippen molar-refractivity contribution in [2.45, 2.75) is 25.7 Å². The Morgan fingerprint density at radius 1 is 1.33 bits per heavy atom. The summed E-state index contributed by atoms with van der Waals surface area (Å²) in [5.41, 5.74) is -1.39. The monoisotopic (exact) mass is 174 g/mol. The van der Waals surface area contributed by atoms with Gasteiger partial charge in [0.05, 0.1) is 0 Å². The third-order valence-corrected chi connectivity index (χ3v) is 2.52. The second-order valence-corrected chi connectivity index (χ2v) is 3.15. The summed E-state index contributed by atoms with van der Waals surface area (Å²) in [6.07, 6.45) is 2.01. The van der Waals surface area contributed by atoms with Crippen molar-refractivity contribution in [1.29, 1.82) is 0 Å². The first-order chi connectivity index (χ1) is 5.63. The van der Waals surface area contributed by atoms with Gasteiger partial charge in [-0.15, -0.1) is 0 Å². The van der Waals surface area contributed by atoms with Gasteiger partial charge in [0.15, 0.2) is 5.78 Å². The predicted molar refractivity (Wildman–Crippen MR) is 39.5 cm³/mol. The second-order valence-electron chi connectivity index (χ2n) is 3.15. The fourth-order valence-electron chi connectivity index (χ4n) is 1.72. The molecule has 12 heavy (non-hydrogen) atoms. The average Bonchev–Trinajstić information content (AvgIpc) is 2.52. The summed E-state index contributed by atoms with van der Waals surface area (Å²) < 4.78 is 12.0. The van der Waals surface area contributed by atoms with E-state index in [1.165, 1.54) is 0 Å². The molecular formula is C8H11FO3. The smallest absolute Gasteiger partial charge is 0.317 e. The van der Waals surface area contributed by atoms with E-state index < -0.39 is 23.8 Å². The molecule has 0 atom stereocenters. The van der Waals surface area contributed by atoms with Crippen LogP contribution in [0.2, 0.25) is 0 Å². The number of alkyl halides is 1. The van der Waals surface area contributed by atoms with Crippen LogP contribution in [0.25, 0.3) is 0 Å². The standard InChI is InChI=1S/C8H11FO3/c9-5-6(10)8(7(11)12)3-1-2-4-8/h1-5H2,(H,11,12). The average molecular weight is 174 g/mol. The molecule has 1 aliphatic rings. The predicted octanol–water partition coefficient (Wildman–Crippen LogP) is 1.17. The molecule has 0 bridgehead atoms. The molecule has 1 fully saturated rings. The van der Waals surface area contributed by atoms with Crippen molar-refractivity contribution in [3.8, 4) is 0 Å². The van der Waals surface area contributed by atoms with Gasteiger partial charge in [0.2, 0.25) is 0 Å². The normalized spacial score (nSPS) is 20.8. The molecule has 0 saturated heterocycles. The van der Waals surface area contributed by atoms with Crippen LogP contribution in [0.3, 0.4) is 0 Å². The Labute approximate surface area is 69.6 Å². The number of hydrogen-bond donors (Lipinski definition) is 1. The highest BCUT2D eigenvalue weighted by Crippen LogP contribution is 2.39. The van der Waals surface area contributed by atoms with Crippen LogP contribution in [-0.2, 0) is 9.59 Å². The summed E-state index contributed by atoms with van der Waals surface area (Å²) in [7, 11) is 0. The fourth-order valence-corrected chi connectivity index (χ4v) is 1.72. The minimum atomic E-state index is -1.39. The lowest BCUT2D eigenvalue weighted by Gasteiger charge is -2.19. The van der Waals surface area contributed by atoms with E-state index in [1.54, 1.807) is 0 Å². The highest BCUT2D eigenvalue weighted by atomic mass is 19.1. The Bertz CT molecular complexity index is 206. The lowest BCUT2D eigenvalue weighted by atomic mass is 9.82. The van der Waals surface area contributed by atoms with Gasteiger partial charge in [-0.1, -0.05) is 12.8 Å². The van der Waals surface area contributed by atoms with Crippen molar-refractivity contribution in [1.82, 2.24) is 0 Å². The summed E-state index contributed by atoms with van der Waals surface area (Å²) in [4.78, 5) is 21.8. The number of rotatable bonds is 3. The first kappa shape index (κ1) is 9.16. The topological polar surface area (TPSA) is 54.4 Å². The fraction of sp³-hybridized carbons (Fsp3) is 0.750. The molecule has 0 heterocycles. The summed E-state index contributed by atoms with van der Waals surface area (Å²) in [6.45, 7) is -1.16. The van der Waals surface area contributed by atoms with E-state index in [0.29, 0.717) is 25.7 Å². The van der Waals surface area contributed by atoms with Gasteiger partial charge in [-0.3, -0.25) is 9.59 Å². The lowest BCUT2D eigenvalue weighted by Crippen LogP contribution is -2.37. The van der Waals surface area contributed by atoms with Gasteiger partial charge in [-0.05, 0) is 12.8 Å². The van der Waals surface area contributed by atoms with Crippen molar-refractivity contribution < 1.29 is 19.1 Å². The van der Waals surface area contributed by atoms with Crippen LogP contribution in [0.1, 0.15) is 25.7 Å². The molecule has 1 rings (SSSR count). The van der Waals surface area contributed by atoms with Crippen LogP contribution in [-0.4, -0.2) is 23.5 Å². The van der Waals surface area contributed by atoms with E-state index in [0.717, 1.165) is 0 Å². The lowest BCUT2D eigenvalue weighted by molar-refractivity contribution is -0.155. The Kier molecular flexibility index (Phi) is 2.45. The zero-order chi connectivity index (χ0) is 9.19. The quantitative estimate of drug-likeness (QED) is 0.653. The summed E-state index contributed by atoms with van der Waals surface area (Å²) in [6, 6.07) is 0. The van der Waals surface area contributed by atoms with Gasteiger partial charge in [-0.2, -0.15) is 0 Å². The summed E-state index contributed by atoms with van der Waals surface area (Å²) >= 11 is 0. The number of carboxylic acid groups (broad SMARTS) is 1. The minimum Gasteiger partial charge on any atom is -0.480 e. The molecule has 4 heteroatoms. The minimum absolute atomic E-state index is 0.297. The largest absolute Gasteiger partial charge is 0.480 e. The molecule has 0 aromatic rings. The molecule has 0 aromatic heterocycles. The maximum atomic E-state index is 12.0. The molecule has 0 amide bonds. The van der Waals surface area contributed by atoms with Crippen LogP contribution in [0.5, 0.6) is 0 Å². The van der Waals surface area contributed by atoms with Crippen molar-refractivity contribution in [3.05, 3.63) is 0 Å². The van der Waals surface area contributed by atoms with Crippen LogP contribution in [0.4, 0.5) is 4.39 Å². The SMILES string of the molecule is O=C(O)C1(C(=O)CF)CCCC1. The van der Waals surface area contributed by atoms with E-state index in [2.05, 4.69) is 0 Å². The van der Waals surface area contributed by atoms with Gasteiger partial charge in [-0.25, -0.2) is 4.39 Å². The van der Waals surface area contributed by atoms with Gasteiger partial charge in [0.1, 0.15) is 12.1 Å². The Balaban J connectivity index is 2.86. The molecule has 1 aliphatic carbocycles. The highest BCUT2D eigenvalue weighted by Gasteiger charge is 2.47. The molecule has 68 valence electrons. The first-order valence-electron chi connectivity index (χ1n) is 3.96. The van der Waals surface area contributed by atoms with Crippen LogP contribution in [0.15, 0.2) is 0 Å². The summed E-state index contributed by atoms with van der Waals surface area (Å²) in [5.74, 6) is -1.94. The van der Waals surface area contributed by atoms with E-state index in [9.17, 15) is 14.0 Å². The van der Waals surface area contributed by atoms with E-state index in [-0.39, 0.29) is 0 Å². The van der Waals surface area contributed by atoms with Crippen molar-refractivity contribution in [2.24, 2.45) is 5.41 Å². The van der Waals surface area contributed by atoms with Crippen molar-refractivity contribution in [3.63, 3.8) is 0 Å². The Hall–Kier alpha value is -0.930. The number of carboxylic acids is 1. The van der Waals surface area contributed by atoms with Crippen molar-refractivity contribution in [2.75, 3.05) is 6.67 Å². The van der Waals surface area contributed by atoms with E-state index in [1.807, 2.05) is 0 Å². The van der Waals surface area contributed by atoms with Gasteiger partial charge < -0.3 is 5.11 Å².